The van der Waals surface area contributed by atoms with Crippen molar-refractivity contribution in [2.45, 2.75) is 50.9 Å². The number of hydrogen-bond acceptors (Lipinski definition) is 8. The SMILES string of the molecule is C=C(C)[C@H]1CC=C(C(=O)OC)CC(=O)C[C@@](C)(O)C=C2C=C(C(=O)OC)[C@@](OC)(C1)O2. The van der Waals surface area contributed by atoms with E-state index in [2.05, 4.69) is 6.58 Å². The van der Waals surface area contributed by atoms with Crippen molar-refractivity contribution < 1.29 is 38.4 Å². The highest BCUT2D eigenvalue weighted by molar-refractivity contribution is 5.96. The summed E-state index contributed by atoms with van der Waals surface area (Å²) in [4.78, 5) is 37.3. The van der Waals surface area contributed by atoms with Crippen LogP contribution < -0.4 is 0 Å². The van der Waals surface area contributed by atoms with Gasteiger partial charge in [-0.25, -0.2) is 9.59 Å². The van der Waals surface area contributed by atoms with E-state index in [9.17, 15) is 19.5 Å². The average Bonchev–Trinajstić information content (AvgIpc) is 3.05. The first-order chi connectivity index (χ1) is 14.5. The zero-order chi connectivity index (χ0) is 23.4. The van der Waals surface area contributed by atoms with Crippen LogP contribution in [0.3, 0.4) is 0 Å². The van der Waals surface area contributed by atoms with Crippen LogP contribution in [0.1, 0.15) is 39.5 Å². The van der Waals surface area contributed by atoms with Gasteiger partial charge in [0.05, 0.1) is 19.8 Å². The van der Waals surface area contributed by atoms with Crippen LogP contribution >= 0.6 is 0 Å². The molecule has 3 atom stereocenters. The minimum absolute atomic E-state index is 0.131. The standard InChI is InChI=1S/C23H30O8/c1-14(2)16-8-7-15(20(25)28-4)9-17(24)12-22(3,27)13-18-10-19(21(26)29-5)23(11-16,30-6)31-18/h7,10,13,16,27H,1,8-9,11-12H2,2-6H3/t16-,22+,23+/m0/s1. The second-order valence-electron chi connectivity index (χ2n) is 8.11. The number of aliphatic hydroxyl groups is 1. The molecule has 8 nitrogen and oxygen atoms in total. The fourth-order valence-electron chi connectivity index (χ4n) is 3.77. The minimum atomic E-state index is -1.59. The van der Waals surface area contributed by atoms with E-state index >= 15 is 0 Å². The second-order valence-corrected chi connectivity index (χ2v) is 8.11. The van der Waals surface area contributed by atoms with E-state index in [1.54, 1.807) is 6.08 Å². The van der Waals surface area contributed by atoms with Gasteiger partial charge in [-0.05, 0) is 38.3 Å². The van der Waals surface area contributed by atoms with Gasteiger partial charge in [-0.15, -0.1) is 0 Å². The Morgan fingerprint density at radius 1 is 1.23 bits per heavy atom. The number of ketones is 1. The molecular formula is C23H30O8. The molecule has 0 saturated heterocycles. The first-order valence-corrected chi connectivity index (χ1v) is 9.91. The molecule has 0 saturated carbocycles. The van der Waals surface area contributed by atoms with Gasteiger partial charge in [-0.1, -0.05) is 18.2 Å². The lowest BCUT2D eigenvalue weighted by Crippen LogP contribution is -2.39. The van der Waals surface area contributed by atoms with Crippen molar-refractivity contribution in [3.05, 3.63) is 47.3 Å². The largest absolute Gasteiger partial charge is 0.466 e. The van der Waals surface area contributed by atoms with Crippen molar-refractivity contribution in [1.29, 1.82) is 0 Å². The molecule has 0 aromatic heterocycles. The zero-order valence-corrected chi connectivity index (χ0v) is 18.6. The molecule has 0 spiro atoms. The van der Waals surface area contributed by atoms with Gasteiger partial charge in [-0.3, -0.25) is 4.79 Å². The van der Waals surface area contributed by atoms with Gasteiger partial charge in [0.1, 0.15) is 17.1 Å². The molecule has 31 heavy (non-hydrogen) atoms. The van der Waals surface area contributed by atoms with Gasteiger partial charge in [0.25, 0.3) is 0 Å². The highest BCUT2D eigenvalue weighted by Crippen LogP contribution is 2.42. The molecule has 2 bridgehead atoms. The normalized spacial score (nSPS) is 29.2. The summed E-state index contributed by atoms with van der Waals surface area (Å²) in [7, 11) is 3.90. The summed E-state index contributed by atoms with van der Waals surface area (Å²) in [6, 6.07) is 0. The Hall–Kier alpha value is -2.71. The number of hydrogen-bond donors (Lipinski definition) is 1. The van der Waals surface area contributed by atoms with E-state index in [1.165, 1.54) is 40.4 Å². The second kappa shape index (κ2) is 9.62. The summed E-state index contributed by atoms with van der Waals surface area (Å²) < 4.78 is 21.4. The predicted octanol–water partition coefficient (Wildman–Crippen LogP) is 2.53. The molecule has 0 fully saturated rings. The third-order valence-electron chi connectivity index (χ3n) is 5.42. The van der Waals surface area contributed by atoms with Crippen molar-refractivity contribution in [2.75, 3.05) is 21.3 Å². The molecule has 2 aliphatic heterocycles. The number of fused-ring (bicyclic) bond motifs is 2. The maximum Gasteiger partial charge on any atom is 0.340 e. The molecule has 0 aromatic carbocycles. The molecule has 1 N–H and O–H groups in total. The number of methoxy groups -OCH3 is 3. The molecule has 170 valence electrons. The first-order valence-electron chi connectivity index (χ1n) is 9.91. The van der Waals surface area contributed by atoms with E-state index in [0.717, 1.165) is 5.57 Å². The molecule has 0 amide bonds. The Morgan fingerprint density at radius 3 is 2.42 bits per heavy atom. The molecular weight excluding hydrogens is 404 g/mol. The maximum absolute atomic E-state index is 12.6. The topological polar surface area (TPSA) is 108 Å². The third-order valence-corrected chi connectivity index (χ3v) is 5.42. The van der Waals surface area contributed by atoms with Gasteiger partial charge in [0.2, 0.25) is 5.79 Å². The van der Waals surface area contributed by atoms with Crippen LogP contribution in [0.25, 0.3) is 0 Å². The lowest BCUT2D eigenvalue weighted by molar-refractivity contribution is -0.178. The lowest BCUT2D eigenvalue weighted by Gasteiger charge is -2.33. The number of allylic oxidation sites excluding steroid dienone is 3. The van der Waals surface area contributed by atoms with Crippen molar-refractivity contribution in [3.63, 3.8) is 0 Å². The number of Topliss-reactive ketones (excluding diaryl/α,β-unsaturated/α-hetero) is 1. The van der Waals surface area contributed by atoms with Crippen LogP contribution in [-0.4, -0.2) is 55.5 Å². The Morgan fingerprint density at radius 2 is 1.87 bits per heavy atom. The quantitative estimate of drug-likeness (QED) is 0.531. The number of rotatable bonds is 4. The number of carbonyl (C=O) groups excluding carboxylic acids is 3. The predicted molar refractivity (Wildman–Crippen MR) is 112 cm³/mol. The molecule has 0 unspecified atom stereocenters. The van der Waals surface area contributed by atoms with Crippen molar-refractivity contribution in [1.82, 2.24) is 0 Å². The van der Waals surface area contributed by atoms with Crippen LogP contribution in [0.4, 0.5) is 0 Å². The van der Waals surface area contributed by atoms with E-state index in [-0.39, 0.29) is 47.9 Å². The van der Waals surface area contributed by atoms with Gasteiger partial charge >= 0.3 is 11.9 Å². The molecule has 0 aromatic rings. The van der Waals surface area contributed by atoms with E-state index in [0.29, 0.717) is 6.42 Å². The molecule has 2 heterocycles. The summed E-state index contributed by atoms with van der Waals surface area (Å²) in [6.45, 7) is 7.28. The van der Waals surface area contributed by atoms with Gasteiger partial charge in [-0.2, -0.15) is 0 Å². The van der Waals surface area contributed by atoms with Crippen molar-refractivity contribution >= 4 is 17.7 Å². The fourth-order valence-corrected chi connectivity index (χ4v) is 3.77. The fraction of sp³-hybridized carbons (Fsp3) is 0.522. The van der Waals surface area contributed by atoms with Crippen LogP contribution in [0.2, 0.25) is 0 Å². The lowest BCUT2D eigenvalue weighted by atomic mass is 9.86. The summed E-state index contributed by atoms with van der Waals surface area (Å²) >= 11 is 0. The molecule has 0 aliphatic carbocycles. The monoisotopic (exact) mass is 434 g/mol. The van der Waals surface area contributed by atoms with Crippen LogP contribution in [0, 0.1) is 5.92 Å². The van der Waals surface area contributed by atoms with E-state index < -0.39 is 23.3 Å². The minimum Gasteiger partial charge on any atom is -0.466 e. The average molecular weight is 434 g/mol. The Bertz CT molecular complexity index is 861. The first kappa shape index (κ1) is 24.6. The Labute approximate surface area is 182 Å². The number of esters is 2. The summed E-state index contributed by atoms with van der Waals surface area (Å²) in [5.41, 5.74) is -0.485. The maximum atomic E-state index is 12.6. The number of carbonyl (C=O) groups is 3. The molecule has 8 heteroatoms. The highest BCUT2D eigenvalue weighted by Gasteiger charge is 2.48. The summed E-state index contributed by atoms with van der Waals surface area (Å²) in [6.07, 6.45) is 4.52. The zero-order valence-electron chi connectivity index (χ0n) is 18.6. The molecule has 2 aliphatic rings. The third kappa shape index (κ3) is 5.71. The number of ether oxygens (including phenoxy) is 4. The smallest absolute Gasteiger partial charge is 0.340 e. The van der Waals surface area contributed by atoms with Crippen LogP contribution in [-0.2, 0) is 33.3 Å². The Balaban J connectivity index is 2.63. The highest BCUT2D eigenvalue weighted by atomic mass is 16.7. The van der Waals surface area contributed by atoms with Crippen LogP contribution in [0.15, 0.2) is 47.3 Å². The summed E-state index contributed by atoms with van der Waals surface area (Å²) in [5.74, 6) is -3.16. The van der Waals surface area contributed by atoms with Crippen LogP contribution in [0.5, 0.6) is 0 Å². The van der Waals surface area contributed by atoms with Crippen molar-refractivity contribution in [3.8, 4) is 0 Å². The molecule has 2 rings (SSSR count). The van der Waals surface area contributed by atoms with Gasteiger partial charge in [0.15, 0.2) is 0 Å². The van der Waals surface area contributed by atoms with Gasteiger partial charge in [0, 0.05) is 31.9 Å². The van der Waals surface area contributed by atoms with E-state index in [1.807, 2.05) is 6.92 Å². The molecule has 0 radical (unpaired) electrons. The van der Waals surface area contributed by atoms with E-state index in [4.69, 9.17) is 18.9 Å². The Kier molecular flexibility index (Phi) is 7.62. The van der Waals surface area contributed by atoms with Crippen molar-refractivity contribution in [2.24, 2.45) is 5.92 Å². The van der Waals surface area contributed by atoms with Gasteiger partial charge < -0.3 is 24.1 Å². The summed E-state index contributed by atoms with van der Waals surface area (Å²) in [5, 5.41) is 10.8.